The molecule has 3 rings (SSSR count). The van der Waals surface area contributed by atoms with E-state index in [0.29, 0.717) is 10.9 Å². The van der Waals surface area contributed by atoms with Gasteiger partial charge >= 0.3 is 5.69 Å². The van der Waals surface area contributed by atoms with Crippen LogP contribution in [0.2, 0.25) is 0 Å². The first-order valence-corrected chi connectivity index (χ1v) is 6.35. The number of hydrogen-bond donors (Lipinski definition) is 3. The van der Waals surface area contributed by atoms with E-state index in [1.54, 1.807) is 6.07 Å². The summed E-state index contributed by atoms with van der Waals surface area (Å²) >= 11 is 0. The number of fused-ring (bicyclic) bond motifs is 1. The van der Waals surface area contributed by atoms with Crippen LogP contribution >= 0.6 is 17.0 Å². The number of piperidine rings is 1. The average Bonchev–Trinajstić information content (AvgIpc) is 2.41. The van der Waals surface area contributed by atoms with Crippen molar-refractivity contribution in [2.24, 2.45) is 0 Å². The van der Waals surface area contributed by atoms with Crippen molar-refractivity contribution in [1.82, 2.24) is 14.9 Å². The molecule has 0 atom stereocenters. The van der Waals surface area contributed by atoms with Crippen LogP contribution < -0.4 is 16.6 Å². The molecule has 1 aromatic carbocycles. The SMILES string of the molecule is Br.O=c1[nH]c2ccc(O)cc2c(=O)n1C1CCNCC1. The van der Waals surface area contributed by atoms with E-state index in [-0.39, 0.29) is 40.0 Å². The van der Waals surface area contributed by atoms with Gasteiger partial charge in [0.25, 0.3) is 5.56 Å². The van der Waals surface area contributed by atoms with E-state index in [2.05, 4.69) is 10.3 Å². The zero-order valence-electron chi connectivity index (χ0n) is 10.8. The Balaban J connectivity index is 0.00000147. The zero-order valence-corrected chi connectivity index (χ0v) is 12.5. The van der Waals surface area contributed by atoms with E-state index in [1.165, 1.54) is 16.7 Å². The highest BCUT2D eigenvalue weighted by Crippen LogP contribution is 2.17. The van der Waals surface area contributed by atoms with E-state index in [1.807, 2.05) is 0 Å². The summed E-state index contributed by atoms with van der Waals surface area (Å²) in [7, 11) is 0. The minimum Gasteiger partial charge on any atom is -0.508 e. The fraction of sp³-hybridized carbons (Fsp3) is 0.385. The third-order valence-electron chi connectivity index (χ3n) is 3.59. The Kier molecular flexibility index (Phi) is 4.29. The summed E-state index contributed by atoms with van der Waals surface area (Å²) in [6.07, 6.45) is 1.51. The first-order chi connectivity index (χ1) is 9.16. The molecule has 0 amide bonds. The quantitative estimate of drug-likeness (QED) is 0.719. The Bertz CT molecular complexity index is 732. The molecular weight excluding hydrogens is 326 g/mol. The first kappa shape index (κ1) is 14.8. The van der Waals surface area contributed by atoms with Gasteiger partial charge in [-0.05, 0) is 44.1 Å². The highest BCUT2D eigenvalue weighted by molar-refractivity contribution is 8.93. The van der Waals surface area contributed by atoms with Crippen molar-refractivity contribution < 1.29 is 5.11 Å². The van der Waals surface area contributed by atoms with Crippen LogP contribution in [0.3, 0.4) is 0 Å². The zero-order chi connectivity index (χ0) is 13.4. The monoisotopic (exact) mass is 341 g/mol. The Morgan fingerprint density at radius 3 is 2.60 bits per heavy atom. The number of H-pyrrole nitrogens is 1. The molecule has 1 saturated heterocycles. The predicted octanol–water partition coefficient (Wildman–Crippen LogP) is 0.898. The van der Waals surface area contributed by atoms with Crippen LogP contribution in [0.5, 0.6) is 5.75 Å². The molecule has 1 aromatic heterocycles. The normalized spacial score (nSPS) is 16.0. The van der Waals surface area contributed by atoms with Gasteiger partial charge in [-0.15, -0.1) is 17.0 Å². The van der Waals surface area contributed by atoms with Crippen molar-refractivity contribution in [3.8, 4) is 5.75 Å². The Morgan fingerprint density at radius 2 is 1.90 bits per heavy atom. The number of rotatable bonds is 1. The Hall–Kier alpha value is -1.60. The highest BCUT2D eigenvalue weighted by atomic mass is 79.9. The third kappa shape index (κ3) is 2.51. The van der Waals surface area contributed by atoms with Crippen molar-refractivity contribution in [3.63, 3.8) is 0 Å². The van der Waals surface area contributed by atoms with Crippen LogP contribution in [0.4, 0.5) is 0 Å². The third-order valence-corrected chi connectivity index (χ3v) is 3.59. The molecule has 0 radical (unpaired) electrons. The van der Waals surface area contributed by atoms with Crippen LogP contribution in [-0.4, -0.2) is 27.7 Å². The minimum absolute atomic E-state index is 0. The number of aromatic nitrogens is 2. The number of aromatic amines is 1. The predicted molar refractivity (Wildman–Crippen MR) is 82.0 cm³/mol. The molecule has 6 nitrogen and oxygen atoms in total. The molecular formula is C13H16BrN3O3. The molecule has 3 N–H and O–H groups in total. The van der Waals surface area contributed by atoms with Gasteiger partial charge < -0.3 is 15.4 Å². The van der Waals surface area contributed by atoms with Crippen molar-refractivity contribution in [2.45, 2.75) is 18.9 Å². The first-order valence-electron chi connectivity index (χ1n) is 6.35. The van der Waals surface area contributed by atoms with Gasteiger partial charge in [-0.1, -0.05) is 0 Å². The van der Waals surface area contributed by atoms with Crippen LogP contribution in [0.15, 0.2) is 27.8 Å². The maximum absolute atomic E-state index is 12.4. The number of phenols is 1. The average molecular weight is 342 g/mol. The molecule has 0 unspecified atom stereocenters. The number of nitrogens with zero attached hydrogens (tertiary/aromatic N) is 1. The highest BCUT2D eigenvalue weighted by Gasteiger charge is 2.19. The fourth-order valence-corrected chi connectivity index (χ4v) is 2.61. The van der Waals surface area contributed by atoms with Gasteiger partial charge in [0.2, 0.25) is 0 Å². The molecule has 20 heavy (non-hydrogen) atoms. The van der Waals surface area contributed by atoms with Crippen molar-refractivity contribution in [2.75, 3.05) is 13.1 Å². The smallest absolute Gasteiger partial charge is 0.329 e. The second-order valence-electron chi connectivity index (χ2n) is 4.82. The van der Waals surface area contributed by atoms with Gasteiger partial charge in [0.05, 0.1) is 10.9 Å². The number of aromatic hydroxyl groups is 1. The van der Waals surface area contributed by atoms with E-state index >= 15 is 0 Å². The lowest BCUT2D eigenvalue weighted by Gasteiger charge is -2.23. The summed E-state index contributed by atoms with van der Waals surface area (Å²) in [5.74, 6) is 0.0218. The maximum atomic E-state index is 12.4. The number of nitrogens with one attached hydrogen (secondary N) is 2. The molecule has 1 aliphatic rings. The summed E-state index contributed by atoms with van der Waals surface area (Å²) in [4.78, 5) is 27.2. The summed E-state index contributed by atoms with van der Waals surface area (Å²) in [6.45, 7) is 1.60. The van der Waals surface area contributed by atoms with Gasteiger partial charge in [0.1, 0.15) is 5.75 Å². The summed E-state index contributed by atoms with van der Waals surface area (Å²) in [6, 6.07) is 4.31. The lowest BCUT2D eigenvalue weighted by molar-refractivity contribution is 0.352. The van der Waals surface area contributed by atoms with Crippen LogP contribution in [0.1, 0.15) is 18.9 Å². The maximum Gasteiger partial charge on any atom is 0.329 e. The van der Waals surface area contributed by atoms with Gasteiger partial charge in [-0.25, -0.2) is 4.79 Å². The van der Waals surface area contributed by atoms with E-state index in [4.69, 9.17) is 0 Å². The van der Waals surface area contributed by atoms with Gasteiger partial charge in [0, 0.05) is 6.04 Å². The van der Waals surface area contributed by atoms with Crippen LogP contribution in [0.25, 0.3) is 10.9 Å². The summed E-state index contributed by atoms with van der Waals surface area (Å²) in [5.41, 5.74) is -0.255. The summed E-state index contributed by atoms with van der Waals surface area (Å²) < 4.78 is 1.28. The van der Waals surface area contributed by atoms with E-state index in [0.717, 1.165) is 25.9 Å². The van der Waals surface area contributed by atoms with Crippen molar-refractivity contribution >= 4 is 27.9 Å². The largest absolute Gasteiger partial charge is 0.508 e. The molecule has 108 valence electrons. The fourth-order valence-electron chi connectivity index (χ4n) is 2.61. The molecule has 7 heteroatoms. The van der Waals surface area contributed by atoms with Crippen molar-refractivity contribution in [3.05, 3.63) is 39.0 Å². The molecule has 0 aliphatic carbocycles. The van der Waals surface area contributed by atoms with Crippen molar-refractivity contribution in [1.29, 1.82) is 0 Å². The molecule has 2 heterocycles. The van der Waals surface area contributed by atoms with E-state index < -0.39 is 0 Å². The lowest BCUT2D eigenvalue weighted by Crippen LogP contribution is -2.42. The lowest BCUT2D eigenvalue weighted by atomic mass is 10.1. The van der Waals surface area contributed by atoms with Crippen LogP contribution in [-0.2, 0) is 0 Å². The van der Waals surface area contributed by atoms with Gasteiger partial charge in [-0.2, -0.15) is 0 Å². The molecule has 0 spiro atoms. The van der Waals surface area contributed by atoms with Crippen LogP contribution in [0, 0.1) is 0 Å². The second-order valence-corrected chi connectivity index (χ2v) is 4.82. The number of benzene rings is 1. The summed E-state index contributed by atoms with van der Waals surface area (Å²) in [5, 5.41) is 13.0. The Labute approximate surface area is 125 Å². The number of halogens is 1. The van der Waals surface area contributed by atoms with Gasteiger partial charge in [0.15, 0.2) is 0 Å². The molecule has 0 saturated carbocycles. The molecule has 2 aromatic rings. The molecule has 1 fully saturated rings. The minimum atomic E-state index is -0.380. The molecule has 0 bridgehead atoms. The standard InChI is InChI=1S/C13H15N3O3.BrH/c17-9-1-2-11-10(7-9)12(18)16(13(19)15-11)8-3-5-14-6-4-8;/h1-2,7-8,14,17H,3-6H2,(H,15,19);1H. The number of phenolic OH excluding ortho intramolecular Hbond substituents is 1. The van der Waals surface area contributed by atoms with Gasteiger partial charge in [-0.3, -0.25) is 9.36 Å². The molecule has 1 aliphatic heterocycles. The van der Waals surface area contributed by atoms with E-state index in [9.17, 15) is 14.7 Å². The Morgan fingerprint density at radius 1 is 1.20 bits per heavy atom. The number of hydrogen-bond acceptors (Lipinski definition) is 4. The topological polar surface area (TPSA) is 87.1 Å². The second kappa shape index (κ2) is 5.80.